The van der Waals surface area contributed by atoms with Crippen molar-refractivity contribution < 1.29 is 4.39 Å². The van der Waals surface area contributed by atoms with Crippen LogP contribution in [0.1, 0.15) is 22.7 Å². The second-order valence-corrected chi connectivity index (χ2v) is 7.21. The van der Waals surface area contributed by atoms with E-state index >= 15 is 0 Å². The third kappa shape index (κ3) is 3.00. The normalized spacial score (nSPS) is 15.1. The minimum atomic E-state index is -0.913. The van der Waals surface area contributed by atoms with Gasteiger partial charge in [0.1, 0.15) is 35.1 Å². The Balaban J connectivity index is 2.30. The molecule has 8 nitrogen and oxygen atoms in total. The van der Waals surface area contributed by atoms with Gasteiger partial charge in [0.2, 0.25) is 5.96 Å². The number of guanidine groups is 1. The number of halogens is 3. The molecule has 1 aromatic heterocycles. The van der Waals surface area contributed by atoms with Crippen LogP contribution < -0.4 is 22.1 Å². The summed E-state index contributed by atoms with van der Waals surface area (Å²) < 4.78 is 16.0. The molecule has 2 aromatic rings. The molecule has 1 atom stereocenters. The Bertz CT molecular complexity index is 1040. The van der Waals surface area contributed by atoms with Crippen molar-refractivity contribution in [3.05, 3.63) is 42.7 Å². The van der Waals surface area contributed by atoms with Gasteiger partial charge in [0, 0.05) is 19.2 Å². The van der Waals surface area contributed by atoms with E-state index in [0.717, 1.165) is 3.57 Å². The number of anilines is 3. The molecule has 1 aliphatic heterocycles. The van der Waals surface area contributed by atoms with Gasteiger partial charge in [0.25, 0.3) is 0 Å². The Labute approximate surface area is 169 Å². The quantitative estimate of drug-likeness (QED) is 0.193. The highest BCUT2D eigenvalue weighted by Gasteiger charge is 2.31. The maximum atomic E-state index is 14.7. The maximum absolute atomic E-state index is 14.7. The lowest BCUT2D eigenvalue weighted by Gasteiger charge is -2.26. The summed E-state index contributed by atoms with van der Waals surface area (Å²) in [6.07, 6.45) is 1.74. The van der Waals surface area contributed by atoms with Gasteiger partial charge in [-0.3, -0.25) is 5.32 Å². The van der Waals surface area contributed by atoms with E-state index < -0.39 is 11.9 Å². The lowest BCUT2D eigenvalue weighted by Crippen LogP contribution is -2.33. The number of nitrogen functional groups attached to an aromatic ring is 2. The van der Waals surface area contributed by atoms with Gasteiger partial charge in [0.15, 0.2) is 6.19 Å². The monoisotopic (exact) mass is 526 g/mol. The molecule has 0 amide bonds. The number of benzene rings is 1. The highest BCUT2D eigenvalue weighted by Crippen LogP contribution is 2.42. The van der Waals surface area contributed by atoms with E-state index in [4.69, 9.17) is 16.7 Å². The molecular weight excluding hydrogens is 518 g/mol. The molecule has 26 heavy (non-hydrogen) atoms. The summed E-state index contributed by atoms with van der Waals surface area (Å²) in [5, 5.41) is 23.3. The van der Waals surface area contributed by atoms with E-state index in [1.807, 2.05) is 28.7 Å². The first-order chi connectivity index (χ1) is 12.4. The lowest BCUT2D eigenvalue weighted by atomic mass is 9.95. The summed E-state index contributed by atoms with van der Waals surface area (Å²) in [5.74, 6) is -0.323. The minimum absolute atomic E-state index is 0.00495. The fourth-order valence-electron chi connectivity index (χ4n) is 2.55. The zero-order chi connectivity index (χ0) is 19.0. The van der Waals surface area contributed by atoms with Crippen LogP contribution in [0.2, 0.25) is 0 Å². The van der Waals surface area contributed by atoms with Crippen molar-refractivity contribution in [1.29, 1.82) is 10.5 Å². The van der Waals surface area contributed by atoms with Crippen molar-refractivity contribution >= 4 is 61.8 Å². The number of hydrogen-bond acceptors (Lipinski definition) is 8. The van der Waals surface area contributed by atoms with Crippen molar-refractivity contribution in [3.8, 4) is 12.3 Å². The van der Waals surface area contributed by atoms with Crippen LogP contribution in [0.15, 0.2) is 21.6 Å². The number of aliphatic imine (C=N–C) groups is 1. The first kappa shape index (κ1) is 18.2. The van der Waals surface area contributed by atoms with Gasteiger partial charge in [-0.1, -0.05) is 0 Å². The first-order valence-electron chi connectivity index (χ1n) is 7.00. The van der Waals surface area contributed by atoms with Gasteiger partial charge in [-0.25, -0.2) is 14.4 Å². The van der Waals surface area contributed by atoms with Crippen LogP contribution in [0.3, 0.4) is 0 Å². The Kier molecular flexibility index (Phi) is 4.84. The molecule has 130 valence electrons. The van der Waals surface area contributed by atoms with Gasteiger partial charge in [-0.15, -0.1) is 0 Å². The van der Waals surface area contributed by atoms with Crippen LogP contribution in [0.25, 0.3) is 0 Å². The summed E-state index contributed by atoms with van der Waals surface area (Å²) in [6.45, 7) is 0. The predicted octanol–water partition coefficient (Wildman–Crippen LogP) is 2.57. The van der Waals surface area contributed by atoms with Crippen LogP contribution in [0, 0.1) is 32.2 Å². The molecule has 6 N–H and O–H groups in total. The third-order valence-electron chi connectivity index (χ3n) is 3.69. The number of nitrogens with two attached hydrogens (primary N) is 2. The highest BCUT2D eigenvalue weighted by molar-refractivity contribution is 14.1. The Morgan fingerprint density at radius 1 is 1.35 bits per heavy atom. The largest absolute Gasteiger partial charge is 0.397 e. The van der Waals surface area contributed by atoms with Crippen LogP contribution in [0.5, 0.6) is 0 Å². The second kappa shape index (κ2) is 6.93. The van der Waals surface area contributed by atoms with E-state index in [2.05, 4.69) is 36.5 Å². The Morgan fingerprint density at radius 3 is 2.73 bits per heavy atom. The van der Waals surface area contributed by atoms with Gasteiger partial charge in [-0.2, -0.15) is 10.5 Å². The molecule has 1 aromatic carbocycles. The van der Waals surface area contributed by atoms with Crippen molar-refractivity contribution in [2.24, 2.45) is 4.99 Å². The summed E-state index contributed by atoms with van der Waals surface area (Å²) >= 11 is 5.32. The molecule has 0 saturated heterocycles. The van der Waals surface area contributed by atoms with Gasteiger partial charge in [-0.05, 0) is 50.7 Å². The summed E-state index contributed by atoms with van der Waals surface area (Å²) in [6, 6.07) is 3.91. The molecule has 1 unspecified atom stereocenters. The van der Waals surface area contributed by atoms with Crippen molar-refractivity contribution in [2.45, 2.75) is 6.04 Å². The molecule has 0 radical (unpaired) electrons. The van der Waals surface area contributed by atoms with Crippen LogP contribution in [-0.4, -0.2) is 10.9 Å². The zero-order valence-corrected chi connectivity index (χ0v) is 16.6. The van der Waals surface area contributed by atoms with Crippen molar-refractivity contribution in [1.82, 2.24) is 10.3 Å². The molecule has 0 saturated carbocycles. The van der Waals surface area contributed by atoms with Gasteiger partial charge in [0.05, 0.1) is 5.69 Å². The number of nitriles is 2. The summed E-state index contributed by atoms with van der Waals surface area (Å²) in [4.78, 5) is 8.45. The zero-order valence-electron chi connectivity index (χ0n) is 12.8. The van der Waals surface area contributed by atoms with Gasteiger partial charge < -0.3 is 16.8 Å². The molecule has 3 rings (SSSR count). The molecule has 2 heterocycles. The third-order valence-corrected chi connectivity index (χ3v) is 5.98. The molecule has 0 bridgehead atoms. The summed E-state index contributed by atoms with van der Waals surface area (Å²) in [5.41, 5.74) is 12.5. The van der Waals surface area contributed by atoms with Crippen LogP contribution >= 0.6 is 38.5 Å². The Morgan fingerprint density at radius 2 is 2.08 bits per heavy atom. The first-order valence-corrected chi connectivity index (χ1v) is 8.87. The van der Waals surface area contributed by atoms with E-state index in [9.17, 15) is 9.65 Å². The number of nitrogens with one attached hydrogen (secondary N) is 2. The van der Waals surface area contributed by atoms with E-state index in [0.29, 0.717) is 10.0 Å². The van der Waals surface area contributed by atoms with E-state index in [1.54, 1.807) is 12.3 Å². The summed E-state index contributed by atoms with van der Waals surface area (Å²) in [7, 11) is 0. The highest BCUT2D eigenvalue weighted by atomic mass is 127. The standard InChI is InChI=1S/C15H9BrFIN8/c16-7-2-8(17)5(1-9(7)18)12-10-11(21)6(3-19)13(22)25-14(10)26-15(24-12)23-4-20/h1-2,12H,(H6,21,22,23,24,25,26). The molecule has 11 heteroatoms. The number of hydrogen-bond donors (Lipinski definition) is 4. The molecule has 0 aliphatic carbocycles. The number of aromatic nitrogens is 1. The van der Waals surface area contributed by atoms with E-state index in [1.165, 1.54) is 6.07 Å². The average molecular weight is 527 g/mol. The maximum Gasteiger partial charge on any atom is 0.211 e. The van der Waals surface area contributed by atoms with Crippen LogP contribution in [-0.2, 0) is 0 Å². The minimum Gasteiger partial charge on any atom is -0.397 e. The molecule has 0 fully saturated rings. The Hall–Kier alpha value is -2.64. The lowest BCUT2D eigenvalue weighted by molar-refractivity contribution is 0.598. The number of pyridine rings is 1. The van der Waals surface area contributed by atoms with E-state index in [-0.39, 0.29) is 34.4 Å². The molecular formula is C15H9BrFIN8. The average Bonchev–Trinajstić information content (AvgIpc) is 2.58. The smallest absolute Gasteiger partial charge is 0.211 e. The fraction of sp³-hybridized carbons (Fsp3) is 0.0667. The van der Waals surface area contributed by atoms with Crippen molar-refractivity contribution in [3.63, 3.8) is 0 Å². The fourth-order valence-corrected chi connectivity index (χ4v) is 3.36. The SMILES string of the molecule is N#CNC1=NC(c2cc(I)c(Br)cc2F)c2c(nc(N)c(C#N)c2N)N1. The predicted molar refractivity (Wildman–Crippen MR) is 106 cm³/mol. The topological polar surface area (TPSA) is 149 Å². The second-order valence-electron chi connectivity index (χ2n) is 5.19. The molecule has 0 spiro atoms. The number of fused-ring (bicyclic) bond motifs is 1. The molecule has 1 aliphatic rings. The number of nitrogens with zero attached hydrogens (tertiary/aromatic N) is 4. The van der Waals surface area contributed by atoms with Gasteiger partial charge >= 0.3 is 0 Å². The van der Waals surface area contributed by atoms with Crippen molar-refractivity contribution in [2.75, 3.05) is 16.8 Å². The van der Waals surface area contributed by atoms with Crippen LogP contribution in [0.4, 0.5) is 21.7 Å². The number of rotatable bonds is 1.